The summed E-state index contributed by atoms with van der Waals surface area (Å²) in [6.07, 6.45) is 0. The molecular weight excluding hydrogens is 354 g/mol. The van der Waals surface area contributed by atoms with Crippen LogP contribution in [0.1, 0.15) is 1.43 Å². The fraction of sp³-hybridized carbons (Fsp3) is 0. The Bertz CT molecular complexity index is 15.5. The third-order valence-corrected chi connectivity index (χ3v) is 0. The van der Waals surface area contributed by atoms with Crippen LogP contribution in [0.2, 0.25) is 0 Å². The first kappa shape index (κ1) is 10.4. The molecule has 0 aliphatic heterocycles. The van der Waals surface area contributed by atoms with Gasteiger partial charge in [-0.05, 0) is 0 Å². The second-order valence-corrected chi connectivity index (χ2v) is 15.9. The van der Waals surface area contributed by atoms with Gasteiger partial charge in [-0.2, -0.15) is 0 Å². The predicted octanol–water partition coefficient (Wildman–Crippen LogP) is 2.64. The van der Waals surface area contributed by atoms with E-state index in [1.165, 1.54) is 0 Å². The van der Waals surface area contributed by atoms with Gasteiger partial charge in [0.15, 0.2) is 0 Å². The van der Waals surface area contributed by atoms with Crippen LogP contribution in [0.15, 0.2) is 0 Å². The van der Waals surface area contributed by atoms with Gasteiger partial charge >= 0.3 is 52.2 Å². The molecule has 0 aliphatic carbocycles. The molecule has 0 atom stereocenters. The van der Waals surface area contributed by atoms with Gasteiger partial charge in [0.05, 0.1) is 0 Å². The summed E-state index contributed by atoms with van der Waals surface area (Å²) in [6.45, 7) is 0. The summed E-state index contributed by atoms with van der Waals surface area (Å²) in [4.78, 5) is 0. The Labute approximate surface area is 68.4 Å². The molecule has 0 N–H and O–H groups in total. The van der Waals surface area contributed by atoms with E-state index in [1.54, 1.807) is 0 Å². The zero-order valence-electron chi connectivity index (χ0n) is 2.85. The van der Waals surface area contributed by atoms with E-state index < -0.39 is 0 Å². The zero-order valence-corrected chi connectivity index (χ0v) is 8.82. The van der Waals surface area contributed by atoms with Crippen molar-refractivity contribution in [2.24, 2.45) is 0 Å². The van der Waals surface area contributed by atoms with Crippen LogP contribution < -0.4 is 0 Å². The van der Waals surface area contributed by atoms with Gasteiger partial charge in [-0.1, -0.05) is 0 Å². The van der Waals surface area contributed by atoms with Gasteiger partial charge in [0.1, 0.15) is 0 Å². The fourth-order valence-electron chi connectivity index (χ4n) is 0. The summed E-state index contributed by atoms with van der Waals surface area (Å²) in [7, 11) is -0.167. The van der Waals surface area contributed by atoms with Crippen molar-refractivity contribution < 1.29 is 26.8 Å². The molecule has 0 bridgehead atoms. The molecule has 0 heterocycles. The fourth-order valence-corrected chi connectivity index (χ4v) is 0. The van der Waals surface area contributed by atoms with Crippen molar-refractivity contribution in [2.45, 2.75) is 0 Å². The van der Waals surface area contributed by atoms with Crippen LogP contribution in [0.25, 0.3) is 0 Å². The SMILES string of the molecule is [Br][Co]([Br])[Br].[H+].[Mn]. The Hall–Kier alpha value is 2.47. The average molecular weight is 355 g/mol. The molecule has 0 fully saturated rings. The van der Waals surface area contributed by atoms with Gasteiger partial charge in [0, 0.05) is 17.1 Å². The average Bonchev–Trinajstić information content (AvgIpc) is 0.811. The first-order chi connectivity index (χ1) is 1.73. The maximum Gasteiger partial charge on any atom is 1.00 e. The van der Waals surface area contributed by atoms with Crippen LogP contribution in [0.4, 0.5) is 0 Å². The molecule has 0 nitrogen and oxygen atoms in total. The summed E-state index contributed by atoms with van der Waals surface area (Å²) in [5, 5.41) is 0. The molecule has 0 spiro atoms. The van der Waals surface area contributed by atoms with E-state index in [4.69, 9.17) is 0 Å². The van der Waals surface area contributed by atoms with Crippen LogP contribution in [-0.4, -0.2) is 0 Å². The van der Waals surface area contributed by atoms with Gasteiger partial charge in [-0.15, -0.1) is 0 Å². The Morgan fingerprint density at radius 3 is 1.20 bits per heavy atom. The molecule has 5 heteroatoms. The van der Waals surface area contributed by atoms with E-state index in [0.717, 1.165) is 0 Å². The molecule has 0 aromatic rings. The number of hydrogen-bond donors (Lipinski definition) is 0. The van der Waals surface area contributed by atoms with Gasteiger partial charge < -0.3 is 0 Å². The van der Waals surface area contributed by atoms with E-state index in [-0.39, 0.29) is 26.8 Å². The smallest absolute Gasteiger partial charge is 0 e. The summed E-state index contributed by atoms with van der Waals surface area (Å²) >= 11 is 9.50. The third kappa shape index (κ3) is 21.2. The molecule has 0 saturated carbocycles. The number of halogens is 3. The van der Waals surface area contributed by atoms with Crippen molar-refractivity contribution in [3.8, 4) is 0 Å². The second kappa shape index (κ2) is 6.47. The van der Waals surface area contributed by atoms with Crippen LogP contribution >= 0.6 is 42.5 Å². The van der Waals surface area contributed by atoms with Crippen molar-refractivity contribution in [3.05, 3.63) is 0 Å². The Morgan fingerprint density at radius 1 is 1.20 bits per heavy atom. The molecular formula is HBr3CoMn+. The van der Waals surface area contributed by atoms with Crippen molar-refractivity contribution in [1.29, 1.82) is 0 Å². The van der Waals surface area contributed by atoms with Gasteiger partial charge in [0.25, 0.3) is 0 Å². The first-order valence-corrected chi connectivity index (χ1v) is 8.10. The minimum atomic E-state index is -0.167. The van der Waals surface area contributed by atoms with Crippen molar-refractivity contribution in [1.82, 2.24) is 0 Å². The van der Waals surface area contributed by atoms with Crippen molar-refractivity contribution in [3.63, 3.8) is 0 Å². The van der Waals surface area contributed by atoms with Crippen molar-refractivity contribution >= 4 is 42.5 Å². The molecule has 5 heavy (non-hydrogen) atoms. The van der Waals surface area contributed by atoms with E-state index in [1.807, 2.05) is 0 Å². The van der Waals surface area contributed by atoms with Crippen LogP contribution in [0.3, 0.4) is 0 Å². The number of hydrogen-bond acceptors (Lipinski definition) is 0. The third-order valence-electron chi connectivity index (χ3n) is 0. The van der Waals surface area contributed by atoms with Crippen LogP contribution in [0.5, 0.6) is 0 Å². The van der Waals surface area contributed by atoms with E-state index >= 15 is 0 Å². The van der Waals surface area contributed by atoms with E-state index in [2.05, 4.69) is 42.5 Å². The summed E-state index contributed by atoms with van der Waals surface area (Å²) in [5.74, 6) is 0. The maximum atomic E-state index is 3.17. The molecule has 0 saturated heterocycles. The standard InChI is InChI=1S/3BrH.Co.Mn/h3*1H;;/q;;;+3;/p-2. The quantitative estimate of drug-likeness (QED) is 0.587. The van der Waals surface area contributed by atoms with Crippen LogP contribution in [-0.2, 0) is 25.4 Å². The maximum absolute atomic E-state index is 3.17. The Kier molecular flexibility index (Phi) is 13.5. The summed E-state index contributed by atoms with van der Waals surface area (Å²) in [6, 6.07) is 0. The monoisotopic (exact) mass is 352 g/mol. The van der Waals surface area contributed by atoms with E-state index in [9.17, 15) is 0 Å². The number of rotatable bonds is 0. The molecule has 0 unspecified atom stereocenters. The molecule has 0 aromatic heterocycles. The predicted molar refractivity (Wildman–Crippen MR) is 27.9 cm³/mol. The normalized spacial score (nSPS) is 9.00. The summed E-state index contributed by atoms with van der Waals surface area (Å²) in [5.41, 5.74) is 0. The van der Waals surface area contributed by atoms with Gasteiger partial charge in [-0.25, -0.2) is 0 Å². The topological polar surface area (TPSA) is 0 Å². The largest absolute Gasteiger partial charge is 1.00 e. The molecule has 1 radical (unpaired) electrons. The molecule has 0 rings (SSSR count). The van der Waals surface area contributed by atoms with Gasteiger partial charge in [0.2, 0.25) is 0 Å². The Balaban J connectivity index is -0.0000000450. The van der Waals surface area contributed by atoms with Crippen molar-refractivity contribution in [2.75, 3.05) is 0 Å². The molecule has 0 aromatic carbocycles. The zero-order chi connectivity index (χ0) is 3.58. The molecule has 37 valence electrons. The minimum absolute atomic E-state index is 0. The Morgan fingerprint density at radius 2 is 1.20 bits per heavy atom. The minimum Gasteiger partial charge on any atom is 0 e. The summed E-state index contributed by atoms with van der Waals surface area (Å²) < 4.78 is 0. The molecule has 0 amide bonds. The van der Waals surface area contributed by atoms with Crippen LogP contribution in [0, 0.1) is 0 Å². The molecule has 0 aliphatic rings. The van der Waals surface area contributed by atoms with E-state index in [0.29, 0.717) is 0 Å². The van der Waals surface area contributed by atoms with Gasteiger partial charge in [-0.3, -0.25) is 0 Å². The second-order valence-electron chi connectivity index (χ2n) is 0.143. The first-order valence-electron chi connectivity index (χ1n) is 0.378.